The predicted octanol–water partition coefficient (Wildman–Crippen LogP) is 3.98. The summed E-state index contributed by atoms with van der Waals surface area (Å²) < 4.78 is 43.6. The van der Waals surface area contributed by atoms with Crippen LogP contribution >= 0.6 is 0 Å². The second-order valence-electron chi connectivity index (χ2n) is 5.01. The Labute approximate surface area is 149 Å². The van der Waals surface area contributed by atoms with E-state index in [1.807, 2.05) is 0 Å². The van der Waals surface area contributed by atoms with Crippen LogP contribution in [0.15, 0.2) is 41.5 Å². The smallest absolute Gasteiger partial charge is 0.416 e. The van der Waals surface area contributed by atoms with E-state index >= 15 is 0 Å². The summed E-state index contributed by atoms with van der Waals surface area (Å²) in [5, 5.41) is 25.9. The molecule has 12 heteroatoms. The maximum absolute atomic E-state index is 12.9. The van der Waals surface area contributed by atoms with Gasteiger partial charge in [-0.2, -0.15) is 18.3 Å². The molecule has 0 heterocycles. The van der Waals surface area contributed by atoms with Crippen LogP contribution in [0.5, 0.6) is 5.75 Å². The molecular formula is C15H11F3N4O5. The number of nitro benzene ring substituents is 2. The van der Waals surface area contributed by atoms with Gasteiger partial charge in [0, 0.05) is 17.7 Å². The van der Waals surface area contributed by atoms with Gasteiger partial charge in [-0.05, 0) is 12.1 Å². The Bertz CT molecular complexity index is 880. The second-order valence-corrected chi connectivity index (χ2v) is 5.01. The number of alkyl halides is 3. The zero-order valence-corrected chi connectivity index (χ0v) is 13.6. The molecule has 0 bridgehead atoms. The lowest BCUT2D eigenvalue weighted by Crippen LogP contribution is -2.09. The molecule has 0 fully saturated rings. The minimum atomic E-state index is -4.99. The van der Waals surface area contributed by atoms with E-state index in [4.69, 9.17) is 4.74 Å². The van der Waals surface area contributed by atoms with E-state index in [1.54, 1.807) is 24.3 Å². The summed E-state index contributed by atoms with van der Waals surface area (Å²) >= 11 is 0. The summed E-state index contributed by atoms with van der Waals surface area (Å²) in [6, 6.07) is 6.91. The Balaban J connectivity index is 2.50. The third-order valence-corrected chi connectivity index (χ3v) is 3.34. The maximum atomic E-state index is 12.9. The molecule has 0 radical (unpaired) electrons. The lowest BCUT2D eigenvalue weighted by Gasteiger charge is -2.09. The molecule has 0 spiro atoms. The zero-order valence-electron chi connectivity index (χ0n) is 13.6. The number of hydrogen-bond donors (Lipinski definition) is 1. The van der Waals surface area contributed by atoms with Crippen molar-refractivity contribution in [2.24, 2.45) is 5.10 Å². The fraction of sp³-hybridized carbons (Fsp3) is 0.133. The normalized spacial score (nSPS) is 11.4. The number of anilines is 1. The number of nitrogens with zero attached hydrogens (tertiary/aromatic N) is 3. The van der Waals surface area contributed by atoms with Crippen molar-refractivity contribution in [2.45, 2.75) is 6.18 Å². The van der Waals surface area contributed by atoms with Gasteiger partial charge in [-0.3, -0.25) is 25.7 Å². The standard InChI is InChI=1S/C15H11F3N4O5/c1-27-13-5-3-2-4-9(13)8-19-20-14-11(21(23)24)6-10(15(16,17)18)7-12(14)22(25)26/h2-8,20H,1H3/b19-8-. The molecule has 1 N–H and O–H groups in total. The van der Waals surface area contributed by atoms with Crippen LogP contribution in [0.25, 0.3) is 0 Å². The van der Waals surface area contributed by atoms with Crippen LogP contribution in [0.2, 0.25) is 0 Å². The fourth-order valence-corrected chi connectivity index (χ4v) is 2.12. The number of hydrazone groups is 1. The Kier molecular flexibility index (Phi) is 5.58. The summed E-state index contributed by atoms with van der Waals surface area (Å²) in [7, 11) is 1.39. The highest BCUT2D eigenvalue weighted by Crippen LogP contribution is 2.41. The molecule has 0 unspecified atom stereocenters. The molecule has 2 aromatic carbocycles. The average molecular weight is 384 g/mol. The molecule has 0 saturated carbocycles. The topological polar surface area (TPSA) is 120 Å². The molecule has 0 aliphatic carbocycles. The van der Waals surface area contributed by atoms with E-state index in [-0.39, 0.29) is 12.1 Å². The van der Waals surface area contributed by atoms with Crippen LogP contribution < -0.4 is 10.2 Å². The number of ether oxygens (including phenoxy) is 1. The van der Waals surface area contributed by atoms with Crippen LogP contribution in [0, 0.1) is 20.2 Å². The van der Waals surface area contributed by atoms with Crippen LogP contribution in [0.3, 0.4) is 0 Å². The monoisotopic (exact) mass is 384 g/mol. The van der Waals surface area contributed by atoms with Gasteiger partial charge in [0.1, 0.15) is 5.75 Å². The van der Waals surface area contributed by atoms with E-state index in [1.165, 1.54) is 7.11 Å². The van der Waals surface area contributed by atoms with Crippen molar-refractivity contribution in [3.8, 4) is 5.75 Å². The minimum absolute atomic E-state index is 0.202. The molecule has 27 heavy (non-hydrogen) atoms. The number of rotatable bonds is 6. The molecule has 0 saturated heterocycles. The van der Waals surface area contributed by atoms with E-state index in [2.05, 4.69) is 10.5 Å². The average Bonchev–Trinajstić information content (AvgIpc) is 2.60. The van der Waals surface area contributed by atoms with Crippen LogP contribution in [0.1, 0.15) is 11.1 Å². The molecule has 9 nitrogen and oxygen atoms in total. The molecule has 0 aromatic heterocycles. The summed E-state index contributed by atoms with van der Waals surface area (Å²) in [6.45, 7) is 0. The number of halogens is 3. The highest BCUT2D eigenvalue weighted by Gasteiger charge is 2.37. The van der Waals surface area contributed by atoms with Crippen molar-refractivity contribution in [1.82, 2.24) is 0 Å². The molecule has 0 aliphatic rings. The summed E-state index contributed by atoms with van der Waals surface area (Å²) in [5.41, 5.74) is -2.03. The molecule has 2 rings (SSSR count). The zero-order chi connectivity index (χ0) is 20.2. The van der Waals surface area contributed by atoms with Crippen molar-refractivity contribution in [1.29, 1.82) is 0 Å². The van der Waals surface area contributed by atoms with E-state index in [0.29, 0.717) is 11.3 Å². The number of nitrogens with one attached hydrogen (secondary N) is 1. The van der Waals surface area contributed by atoms with Crippen molar-refractivity contribution in [3.63, 3.8) is 0 Å². The molecule has 142 valence electrons. The Morgan fingerprint density at radius 1 is 1.11 bits per heavy atom. The molecular weight excluding hydrogens is 373 g/mol. The quantitative estimate of drug-likeness (QED) is 0.457. The van der Waals surface area contributed by atoms with Crippen LogP contribution in [0.4, 0.5) is 30.2 Å². The number of para-hydroxylation sites is 1. The molecule has 0 atom stereocenters. The van der Waals surface area contributed by atoms with Gasteiger partial charge in [-0.15, -0.1) is 0 Å². The van der Waals surface area contributed by atoms with Crippen LogP contribution in [-0.4, -0.2) is 23.2 Å². The molecule has 2 aromatic rings. The van der Waals surface area contributed by atoms with E-state index < -0.39 is 38.6 Å². The number of hydrogen-bond acceptors (Lipinski definition) is 7. The maximum Gasteiger partial charge on any atom is 0.416 e. The lowest BCUT2D eigenvalue weighted by atomic mass is 10.1. The number of methoxy groups -OCH3 is 1. The second kappa shape index (κ2) is 7.68. The highest BCUT2D eigenvalue weighted by atomic mass is 19.4. The Hall–Kier alpha value is -3.70. The van der Waals surface area contributed by atoms with Gasteiger partial charge in [0.25, 0.3) is 0 Å². The van der Waals surface area contributed by atoms with Gasteiger partial charge in [-0.25, -0.2) is 0 Å². The van der Waals surface area contributed by atoms with Gasteiger partial charge in [0.05, 0.1) is 28.7 Å². The largest absolute Gasteiger partial charge is 0.496 e. The van der Waals surface area contributed by atoms with E-state index in [9.17, 15) is 33.4 Å². The third kappa shape index (κ3) is 4.48. The summed E-state index contributed by atoms with van der Waals surface area (Å²) in [6.07, 6.45) is -3.83. The molecule has 0 amide bonds. The summed E-state index contributed by atoms with van der Waals surface area (Å²) in [5.74, 6) is 0.402. The van der Waals surface area contributed by atoms with Gasteiger partial charge >= 0.3 is 17.6 Å². The van der Waals surface area contributed by atoms with Crippen molar-refractivity contribution >= 4 is 23.3 Å². The van der Waals surface area contributed by atoms with E-state index in [0.717, 1.165) is 6.21 Å². The van der Waals surface area contributed by atoms with Crippen molar-refractivity contribution in [2.75, 3.05) is 12.5 Å². The minimum Gasteiger partial charge on any atom is -0.496 e. The highest BCUT2D eigenvalue weighted by molar-refractivity contribution is 5.85. The Morgan fingerprint density at radius 3 is 2.15 bits per heavy atom. The van der Waals surface area contributed by atoms with Crippen molar-refractivity contribution < 1.29 is 27.8 Å². The number of nitro groups is 2. The van der Waals surface area contributed by atoms with Gasteiger partial charge < -0.3 is 4.74 Å². The van der Waals surface area contributed by atoms with Gasteiger partial charge in [0.2, 0.25) is 5.69 Å². The number of benzene rings is 2. The van der Waals surface area contributed by atoms with Gasteiger partial charge in [0.15, 0.2) is 0 Å². The molecule has 0 aliphatic heterocycles. The first-order chi connectivity index (χ1) is 12.6. The van der Waals surface area contributed by atoms with Crippen LogP contribution in [-0.2, 0) is 6.18 Å². The SMILES string of the molecule is COc1ccccc1/C=N\Nc1c([N+](=O)[O-])cc(C(F)(F)F)cc1[N+](=O)[O-]. The first-order valence-corrected chi connectivity index (χ1v) is 7.11. The first kappa shape index (κ1) is 19.6. The Morgan fingerprint density at radius 2 is 1.67 bits per heavy atom. The first-order valence-electron chi connectivity index (χ1n) is 7.11. The van der Waals surface area contributed by atoms with Crippen molar-refractivity contribution in [3.05, 3.63) is 67.8 Å². The fourth-order valence-electron chi connectivity index (χ4n) is 2.12. The predicted molar refractivity (Wildman–Crippen MR) is 89.0 cm³/mol. The lowest BCUT2D eigenvalue weighted by molar-refractivity contribution is -0.392. The van der Waals surface area contributed by atoms with Gasteiger partial charge in [-0.1, -0.05) is 12.1 Å². The summed E-state index contributed by atoms with van der Waals surface area (Å²) in [4.78, 5) is 19.9. The third-order valence-electron chi connectivity index (χ3n) is 3.34.